The van der Waals surface area contributed by atoms with Gasteiger partial charge in [0.1, 0.15) is 5.78 Å². The molecular weight excluding hydrogens is 308 g/mol. The highest BCUT2D eigenvalue weighted by Gasteiger charge is 2.63. The molecule has 0 amide bonds. The molecule has 0 spiro atoms. The summed E-state index contributed by atoms with van der Waals surface area (Å²) in [6.07, 6.45) is 10.0. The highest BCUT2D eigenvalue weighted by molar-refractivity contribution is 5.84. The molecule has 4 aliphatic carbocycles. The Labute approximate surface area is 154 Å². The Bertz CT molecular complexity index is 542. The lowest BCUT2D eigenvalue weighted by Gasteiger charge is -2.60. The Kier molecular flexibility index (Phi) is 4.38. The molecule has 0 heterocycles. The molecule has 2 heteroatoms. The van der Waals surface area contributed by atoms with Crippen LogP contribution < -0.4 is 0 Å². The van der Waals surface area contributed by atoms with Gasteiger partial charge < -0.3 is 5.11 Å². The number of fused-ring (bicyclic) bond motifs is 5. The SMILES string of the molecule is CC[C@@H](C)[C@H]1CC[C@H]2[C@@H]3CC[C@@H]4C[C@H](O)CC[C@]4(C)[C@H]3C(=O)C[C@]12C. The largest absolute Gasteiger partial charge is 0.393 e. The molecule has 0 aromatic carbocycles. The highest BCUT2D eigenvalue weighted by Crippen LogP contribution is 2.67. The van der Waals surface area contributed by atoms with Crippen LogP contribution in [0, 0.1) is 46.3 Å². The number of rotatable bonds is 2. The normalized spacial score (nSPS) is 53.7. The molecule has 0 bridgehead atoms. The number of carbonyl (C=O) groups is 1. The molecule has 0 aromatic heterocycles. The van der Waals surface area contributed by atoms with Crippen molar-refractivity contribution < 1.29 is 9.90 Å². The van der Waals surface area contributed by atoms with Gasteiger partial charge in [-0.05, 0) is 85.4 Å². The van der Waals surface area contributed by atoms with E-state index in [-0.39, 0.29) is 22.9 Å². The molecule has 4 fully saturated rings. The maximum atomic E-state index is 13.5. The number of carbonyl (C=O) groups excluding carboxylic acids is 1. The lowest BCUT2D eigenvalue weighted by molar-refractivity contribution is -0.162. The van der Waals surface area contributed by atoms with Gasteiger partial charge in [0.05, 0.1) is 6.10 Å². The summed E-state index contributed by atoms with van der Waals surface area (Å²) in [4.78, 5) is 13.5. The van der Waals surface area contributed by atoms with Crippen LogP contribution in [0.1, 0.15) is 85.5 Å². The Hall–Kier alpha value is -0.370. The van der Waals surface area contributed by atoms with E-state index in [4.69, 9.17) is 0 Å². The van der Waals surface area contributed by atoms with E-state index in [0.29, 0.717) is 17.6 Å². The summed E-state index contributed by atoms with van der Waals surface area (Å²) in [6.45, 7) is 9.60. The quantitative estimate of drug-likeness (QED) is 0.743. The topological polar surface area (TPSA) is 37.3 Å². The molecule has 4 rings (SSSR count). The fourth-order valence-electron chi connectivity index (χ4n) is 8.31. The van der Waals surface area contributed by atoms with E-state index < -0.39 is 0 Å². The van der Waals surface area contributed by atoms with Crippen LogP contribution in [0.3, 0.4) is 0 Å². The molecule has 0 unspecified atom stereocenters. The van der Waals surface area contributed by atoms with Crippen molar-refractivity contribution >= 4 is 5.78 Å². The summed E-state index contributed by atoms with van der Waals surface area (Å²) < 4.78 is 0. The molecule has 2 nitrogen and oxygen atoms in total. The predicted octanol–water partition coefficient (Wildman–Crippen LogP) is 5.23. The number of hydrogen-bond acceptors (Lipinski definition) is 2. The third-order valence-corrected chi connectivity index (χ3v) is 9.73. The molecule has 1 N–H and O–H groups in total. The summed E-state index contributed by atoms with van der Waals surface area (Å²) in [5.41, 5.74) is 0.417. The number of hydrogen-bond donors (Lipinski definition) is 1. The van der Waals surface area contributed by atoms with Crippen LogP contribution in [-0.4, -0.2) is 17.0 Å². The maximum Gasteiger partial charge on any atom is 0.137 e. The Morgan fingerprint density at radius 1 is 1.12 bits per heavy atom. The minimum Gasteiger partial charge on any atom is -0.393 e. The Balaban J connectivity index is 1.65. The van der Waals surface area contributed by atoms with Gasteiger partial charge in [0.25, 0.3) is 0 Å². The predicted molar refractivity (Wildman–Crippen MR) is 101 cm³/mol. The van der Waals surface area contributed by atoms with Crippen molar-refractivity contribution in [2.24, 2.45) is 46.3 Å². The van der Waals surface area contributed by atoms with Gasteiger partial charge in [-0.1, -0.05) is 34.1 Å². The number of ketones is 1. The summed E-state index contributed by atoms with van der Waals surface area (Å²) in [5.74, 6) is 4.31. The monoisotopic (exact) mass is 346 g/mol. The van der Waals surface area contributed by atoms with E-state index >= 15 is 0 Å². The van der Waals surface area contributed by atoms with Crippen LogP contribution in [0.2, 0.25) is 0 Å². The van der Waals surface area contributed by atoms with Gasteiger partial charge in [0.2, 0.25) is 0 Å². The van der Waals surface area contributed by atoms with Crippen LogP contribution in [0.4, 0.5) is 0 Å². The second-order valence-corrected chi connectivity index (χ2v) is 10.7. The van der Waals surface area contributed by atoms with Gasteiger partial charge >= 0.3 is 0 Å². The minimum absolute atomic E-state index is 0.125. The third-order valence-electron chi connectivity index (χ3n) is 9.73. The first-order valence-corrected chi connectivity index (χ1v) is 11.0. The van der Waals surface area contributed by atoms with Crippen molar-refractivity contribution in [3.63, 3.8) is 0 Å². The van der Waals surface area contributed by atoms with Crippen molar-refractivity contribution in [1.82, 2.24) is 0 Å². The Morgan fingerprint density at radius 2 is 1.88 bits per heavy atom. The number of aliphatic hydroxyl groups excluding tert-OH is 1. The summed E-state index contributed by atoms with van der Waals surface area (Å²) in [6, 6.07) is 0. The van der Waals surface area contributed by atoms with E-state index in [9.17, 15) is 9.90 Å². The van der Waals surface area contributed by atoms with E-state index in [0.717, 1.165) is 43.4 Å². The molecule has 4 saturated carbocycles. The molecular formula is C23H38O2. The van der Waals surface area contributed by atoms with Crippen molar-refractivity contribution in [3.8, 4) is 0 Å². The summed E-state index contributed by atoms with van der Waals surface area (Å²) >= 11 is 0. The standard InChI is InChI=1S/C23H38O2/c1-5-14(2)18-8-9-19-17-7-6-15-12-16(24)10-11-22(15,3)21(17)20(25)13-23(18,19)4/h14-19,21,24H,5-13H2,1-4H3/t14-,15-,16-,17+,18-,19+,21-,22+,23-/m1/s1. The van der Waals surface area contributed by atoms with E-state index in [1.54, 1.807) is 0 Å². The fourth-order valence-corrected chi connectivity index (χ4v) is 8.31. The molecule has 4 aliphatic rings. The van der Waals surface area contributed by atoms with Gasteiger partial charge in [0, 0.05) is 12.3 Å². The molecule has 0 aliphatic heterocycles. The first-order valence-electron chi connectivity index (χ1n) is 11.0. The Morgan fingerprint density at radius 3 is 2.60 bits per heavy atom. The van der Waals surface area contributed by atoms with Crippen molar-refractivity contribution in [2.75, 3.05) is 0 Å². The maximum absolute atomic E-state index is 13.5. The van der Waals surface area contributed by atoms with Crippen molar-refractivity contribution in [2.45, 2.75) is 91.6 Å². The summed E-state index contributed by atoms with van der Waals surface area (Å²) in [7, 11) is 0. The van der Waals surface area contributed by atoms with Crippen LogP contribution >= 0.6 is 0 Å². The van der Waals surface area contributed by atoms with E-state index in [1.165, 1.54) is 32.1 Å². The molecule has 142 valence electrons. The number of aliphatic hydroxyl groups is 1. The van der Waals surface area contributed by atoms with Gasteiger partial charge in [-0.2, -0.15) is 0 Å². The minimum atomic E-state index is -0.125. The average molecular weight is 347 g/mol. The van der Waals surface area contributed by atoms with Gasteiger partial charge in [-0.25, -0.2) is 0 Å². The van der Waals surface area contributed by atoms with E-state index in [1.807, 2.05) is 0 Å². The van der Waals surface area contributed by atoms with Crippen molar-refractivity contribution in [3.05, 3.63) is 0 Å². The van der Waals surface area contributed by atoms with Crippen molar-refractivity contribution in [1.29, 1.82) is 0 Å². The van der Waals surface area contributed by atoms with Crippen LogP contribution in [0.15, 0.2) is 0 Å². The van der Waals surface area contributed by atoms with Crippen LogP contribution in [0.5, 0.6) is 0 Å². The average Bonchev–Trinajstić information content (AvgIpc) is 2.91. The first kappa shape index (κ1) is 18.0. The molecule has 0 saturated heterocycles. The smallest absolute Gasteiger partial charge is 0.137 e. The van der Waals surface area contributed by atoms with Gasteiger partial charge in [-0.15, -0.1) is 0 Å². The first-order chi connectivity index (χ1) is 11.8. The highest BCUT2D eigenvalue weighted by atomic mass is 16.3. The zero-order valence-electron chi connectivity index (χ0n) is 16.8. The van der Waals surface area contributed by atoms with E-state index in [2.05, 4.69) is 27.7 Å². The molecule has 25 heavy (non-hydrogen) atoms. The zero-order chi connectivity index (χ0) is 18.0. The lowest BCUT2D eigenvalue weighted by atomic mass is 9.44. The van der Waals surface area contributed by atoms with Gasteiger partial charge in [-0.3, -0.25) is 4.79 Å². The second-order valence-electron chi connectivity index (χ2n) is 10.7. The second kappa shape index (κ2) is 6.08. The molecule has 9 atom stereocenters. The molecule has 0 radical (unpaired) electrons. The summed E-state index contributed by atoms with van der Waals surface area (Å²) in [5, 5.41) is 10.2. The van der Waals surface area contributed by atoms with Crippen LogP contribution in [0.25, 0.3) is 0 Å². The lowest BCUT2D eigenvalue weighted by Crippen LogP contribution is -2.57. The fraction of sp³-hybridized carbons (Fsp3) is 0.957. The zero-order valence-corrected chi connectivity index (χ0v) is 16.8. The van der Waals surface area contributed by atoms with Gasteiger partial charge in [0.15, 0.2) is 0 Å². The number of Topliss-reactive ketones (excluding diaryl/α,β-unsaturated/α-hetero) is 1. The third kappa shape index (κ3) is 2.49. The van der Waals surface area contributed by atoms with Crippen LogP contribution in [-0.2, 0) is 4.79 Å². The molecule has 0 aromatic rings.